The van der Waals surface area contributed by atoms with Crippen molar-refractivity contribution in [3.05, 3.63) is 83.4 Å². The number of hydrogen-bond acceptors (Lipinski definition) is 3. The molecule has 3 nitrogen and oxygen atoms in total. The van der Waals surface area contributed by atoms with Crippen LogP contribution in [0, 0.1) is 0 Å². The molecule has 2 aromatic carbocycles. The average molecular weight is 331 g/mol. The lowest BCUT2D eigenvalue weighted by molar-refractivity contribution is -0.159. The van der Waals surface area contributed by atoms with Gasteiger partial charge in [0.25, 0.3) is 0 Å². The highest BCUT2D eigenvalue weighted by molar-refractivity contribution is 6.30. The first kappa shape index (κ1) is 17.3. The van der Waals surface area contributed by atoms with Gasteiger partial charge in [-0.05, 0) is 23.3 Å². The minimum atomic E-state index is -0.671. The molecule has 0 N–H and O–H groups in total. The van der Waals surface area contributed by atoms with Crippen molar-refractivity contribution in [2.45, 2.75) is 25.7 Å². The van der Waals surface area contributed by atoms with Gasteiger partial charge in [0.1, 0.15) is 6.61 Å². The molecule has 0 saturated heterocycles. The molecule has 0 heterocycles. The summed E-state index contributed by atoms with van der Waals surface area (Å²) in [5, 5.41) is 0.637. The van der Waals surface area contributed by atoms with Crippen molar-refractivity contribution >= 4 is 17.6 Å². The molecule has 0 fully saturated rings. The van der Waals surface area contributed by atoms with Crippen LogP contribution in [0.3, 0.4) is 0 Å². The highest BCUT2D eigenvalue weighted by atomic mass is 35.5. The third-order valence-corrected chi connectivity index (χ3v) is 3.44. The van der Waals surface area contributed by atoms with Crippen molar-refractivity contribution in [1.29, 1.82) is 0 Å². The maximum Gasteiger partial charge on any atom is 0.335 e. The van der Waals surface area contributed by atoms with Crippen LogP contribution in [-0.4, -0.2) is 12.1 Å². The Hall–Kier alpha value is -2.10. The van der Waals surface area contributed by atoms with E-state index in [4.69, 9.17) is 21.1 Å². The molecule has 2 aromatic rings. The van der Waals surface area contributed by atoms with Crippen LogP contribution in [0.25, 0.3) is 0 Å². The molecular formula is C19H19ClO3. The molecule has 1 atom stereocenters. The van der Waals surface area contributed by atoms with Crippen LogP contribution in [0.2, 0.25) is 5.02 Å². The van der Waals surface area contributed by atoms with E-state index in [1.165, 1.54) is 0 Å². The summed E-state index contributed by atoms with van der Waals surface area (Å²) < 4.78 is 11.0. The fraction of sp³-hybridized carbons (Fsp3) is 0.211. The predicted molar refractivity (Wildman–Crippen MR) is 91.1 cm³/mol. The van der Waals surface area contributed by atoms with Crippen LogP contribution >= 0.6 is 11.6 Å². The maximum absolute atomic E-state index is 12.2. The van der Waals surface area contributed by atoms with E-state index in [-0.39, 0.29) is 6.61 Å². The molecule has 0 saturated carbocycles. The summed E-state index contributed by atoms with van der Waals surface area (Å²) in [5.74, 6) is -0.393. The fourth-order valence-corrected chi connectivity index (χ4v) is 2.24. The van der Waals surface area contributed by atoms with E-state index in [1.807, 2.05) is 48.5 Å². The molecular weight excluding hydrogens is 312 g/mol. The molecule has 0 aliphatic heterocycles. The van der Waals surface area contributed by atoms with Crippen LogP contribution < -0.4 is 0 Å². The van der Waals surface area contributed by atoms with Gasteiger partial charge in [-0.25, -0.2) is 4.79 Å². The molecule has 0 radical (unpaired) electrons. The van der Waals surface area contributed by atoms with Gasteiger partial charge in [-0.1, -0.05) is 60.1 Å². The first-order valence-corrected chi connectivity index (χ1v) is 7.74. The summed E-state index contributed by atoms with van der Waals surface area (Å²) in [4.78, 5) is 12.2. The van der Waals surface area contributed by atoms with Gasteiger partial charge in [0.15, 0.2) is 6.10 Å². The number of halogens is 1. The van der Waals surface area contributed by atoms with Crippen molar-refractivity contribution in [2.75, 3.05) is 0 Å². The molecule has 0 spiro atoms. The van der Waals surface area contributed by atoms with Gasteiger partial charge in [0, 0.05) is 11.4 Å². The van der Waals surface area contributed by atoms with Crippen molar-refractivity contribution in [1.82, 2.24) is 0 Å². The number of carbonyl (C=O) groups is 1. The van der Waals surface area contributed by atoms with Crippen LogP contribution in [-0.2, 0) is 27.5 Å². The Morgan fingerprint density at radius 1 is 1.09 bits per heavy atom. The minimum Gasteiger partial charge on any atom is -0.459 e. The second-order valence-electron chi connectivity index (χ2n) is 5.05. The zero-order valence-electron chi connectivity index (χ0n) is 12.8. The Morgan fingerprint density at radius 3 is 2.52 bits per heavy atom. The zero-order chi connectivity index (χ0) is 16.5. The van der Waals surface area contributed by atoms with Crippen LogP contribution in [0.5, 0.6) is 0 Å². The normalized spacial score (nSPS) is 11.7. The van der Waals surface area contributed by atoms with E-state index in [2.05, 4.69) is 6.58 Å². The SMILES string of the molecule is C=CCC(OCc1cccc(Cl)c1)C(=O)OCc1ccccc1. The summed E-state index contributed by atoms with van der Waals surface area (Å²) in [5.41, 5.74) is 1.84. The minimum absolute atomic E-state index is 0.230. The first-order chi connectivity index (χ1) is 11.2. The largest absolute Gasteiger partial charge is 0.459 e. The second-order valence-corrected chi connectivity index (χ2v) is 5.48. The van der Waals surface area contributed by atoms with Gasteiger partial charge in [0.2, 0.25) is 0 Å². The van der Waals surface area contributed by atoms with Crippen LogP contribution in [0.1, 0.15) is 17.5 Å². The molecule has 120 valence electrons. The summed E-state index contributed by atoms with van der Waals surface area (Å²) in [6.07, 6.45) is 1.37. The fourth-order valence-electron chi connectivity index (χ4n) is 2.03. The van der Waals surface area contributed by atoms with Crippen LogP contribution in [0.15, 0.2) is 67.3 Å². The number of ether oxygens (including phenoxy) is 2. The van der Waals surface area contributed by atoms with E-state index in [9.17, 15) is 4.79 Å². The average Bonchev–Trinajstić information content (AvgIpc) is 2.57. The Morgan fingerprint density at radius 2 is 1.83 bits per heavy atom. The number of carbonyl (C=O) groups excluding carboxylic acids is 1. The van der Waals surface area contributed by atoms with Gasteiger partial charge in [0.05, 0.1) is 6.61 Å². The molecule has 23 heavy (non-hydrogen) atoms. The molecule has 4 heteroatoms. The highest BCUT2D eigenvalue weighted by Crippen LogP contribution is 2.14. The summed E-state index contributed by atoms with van der Waals surface area (Å²) in [6, 6.07) is 16.9. The van der Waals surface area contributed by atoms with E-state index < -0.39 is 12.1 Å². The quantitative estimate of drug-likeness (QED) is 0.526. The Balaban J connectivity index is 1.89. The second kappa shape index (κ2) is 9.13. The molecule has 0 bridgehead atoms. The number of hydrogen-bond donors (Lipinski definition) is 0. The lowest BCUT2D eigenvalue weighted by atomic mass is 10.2. The van der Waals surface area contributed by atoms with Crippen molar-refractivity contribution in [3.8, 4) is 0 Å². The standard InChI is InChI=1S/C19H19ClO3/c1-2-7-18(22-14-16-10-6-11-17(20)12-16)19(21)23-13-15-8-4-3-5-9-15/h2-6,8-12,18H,1,7,13-14H2. The van der Waals surface area contributed by atoms with Crippen LogP contribution in [0.4, 0.5) is 0 Å². The maximum atomic E-state index is 12.2. The molecule has 0 amide bonds. The van der Waals surface area contributed by atoms with Gasteiger partial charge in [-0.15, -0.1) is 6.58 Å². The Labute approximate surface area is 141 Å². The van der Waals surface area contributed by atoms with Crippen molar-refractivity contribution < 1.29 is 14.3 Å². The molecule has 0 aromatic heterocycles. The highest BCUT2D eigenvalue weighted by Gasteiger charge is 2.19. The number of rotatable bonds is 8. The molecule has 1 unspecified atom stereocenters. The van der Waals surface area contributed by atoms with E-state index in [0.29, 0.717) is 18.1 Å². The van der Waals surface area contributed by atoms with Crippen molar-refractivity contribution in [2.24, 2.45) is 0 Å². The third kappa shape index (κ3) is 5.89. The van der Waals surface area contributed by atoms with E-state index in [1.54, 1.807) is 12.1 Å². The van der Waals surface area contributed by atoms with Gasteiger partial charge in [-0.2, -0.15) is 0 Å². The topological polar surface area (TPSA) is 35.5 Å². The lowest BCUT2D eigenvalue weighted by Crippen LogP contribution is -2.26. The van der Waals surface area contributed by atoms with E-state index in [0.717, 1.165) is 11.1 Å². The van der Waals surface area contributed by atoms with Gasteiger partial charge >= 0.3 is 5.97 Å². The first-order valence-electron chi connectivity index (χ1n) is 7.36. The number of esters is 1. The summed E-state index contributed by atoms with van der Waals surface area (Å²) in [7, 11) is 0. The van der Waals surface area contributed by atoms with E-state index >= 15 is 0 Å². The third-order valence-electron chi connectivity index (χ3n) is 3.21. The molecule has 0 aliphatic rings. The predicted octanol–water partition coefficient (Wildman–Crippen LogP) is 4.54. The summed E-state index contributed by atoms with van der Waals surface area (Å²) >= 11 is 5.94. The number of benzene rings is 2. The van der Waals surface area contributed by atoms with Gasteiger partial charge < -0.3 is 9.47 Å². The summed E-state index contributed by atoms with van der Waals surface area (Å²) in [6.45, 7) is 4.18. The van der Waals surface area contributed by atoms with Gasteiger partial charge in [-0.3, -0.25) is 0 Å². The lowest BCUT2D eigenvalue weighted by Gasteiger charge is -2.15. The smallest absolute Gasteiger partial charge is 0.335 e. The Bertz CT molecular complexity index is 640. The monoisotopic (exact) mass is 330 g/mol. The molecule has 2 rings (SSSR count). The molecule has 0 aliphatic carbocycles. The zero-order valence-corrected chi connectivity index (χ0v) is 13.5. The van der Waals surface area contributed by atoms with Crippen molar-refractivity contribution in [3.63, 3.8) is 0 Å². The Kier molecular flexibility index (Phi) is 6.85.